The lowest BCUT2D eigenvalue weighted by Gasteiger charge is -2.41. The summed E-state index contributed by atoms with van der Waals surface area (Å²) in [7, 11) is 0. The van der Waals surface area contributed by atoms with Crippen LogP contribution in [-0.4, -0.2) is 11.9 Å². The fraction of sp³-hybridized carbons (Fsp3) is 0.667. The smallest absolute Gasteiger partial charge is 0.140 e. The highest BCUT2D eigenvalue weighted by molar-refractivity contribution is 5.85. The first-order valence-electron chi connectivity index (χ1n) is 4.23. The second kappa shape index (κ2) is 1.68. The van der Waals surface area contributed by atoms with Gasteiger partial charge in [-0.05, 0) is 18.4 Å². The van der Waals surface area contributed by atoms with Crippen LogP contribution in [0.15, 0.2) is 12.3 Å². The molecule has 0 saturated heterocycles. The second-order valence-corrected chi connectivity index (χ2v) is 3.70. The third-order valence-corrected chi connectivity index (χ3v) is 3.32. The van der Waals surface area contributed by atoms with Gasteiger partial charge in [-0.1, -0.05) is 0 Å². The average Bonchev–Trinajstić information content (AvgIpc) is 2.43. The van der Waals surface area contributed by atoms with Gasteiger partial charge in [0.05, 0.1) is 12.2 Å². The molecule has 0 aromatic rings. The van der Waals surface area contributed by atoms with Gasteiger partial charge in [-0.25, -0.2) is 0 Å². The van der Waals surface area contributed by atoms with Gasteiger partial charge < -0.3 is 4.74 Å². The molecule has 0 unspecified atom stereocenters. The summed E-state index contributed by atoms with van der Waals surface area (Å²) in [6, 6.07) is 0. The van der Waals surface area contributed by atoms with Gasteiger partial charge in [0.25, 0.3) is 0 Å². The molecule has 58 valence electrons. The maximum Gasteiger partial charge on any atom is 0.140 e. The van der Waals surface area contributed by atoms with E-state index < -0.39 is 0 Å². The molecule has 0 bridgehead atoms. The van der Waals surface area contributed by atoms with Crippen LogP contribution in [0.4, 0.5) is 0 Å². The predicted molar refractivity (Wildman–Crippen MR) is 38.7 cm³/mol. The number of carbonyl (C=O) groups is 1. The standard InChI is InChI=1S/C9H10O2/c10-7-2-1-5-6-3-4-11-9(6)8(5)7/h3-6,8-9H,1-2H2/t5-,6-,8+,9-/m0/s1. The third-order valence-electron chi connectivity index (χ3n) is 3.32. The Hall–Kier alpha value is -0.790. The molecule has 0 aromatic heterocycles. The number of hydrogen-bond acceptors (Lipinski definition) is 2. The van der Waals surface area contributed by atoms with Crippen molar-refractivity contribution in [2.45, 2.75) is 18.9 Å². The van der Waals surface area contributed by atoms with E-state index in [1.54, 1.807) is 6.26 Å². The Morgan fingerprint density at radius 2 is 2.45 bits per heavy atom. The van der Waals surface area contributed by atoms with E-state index in [0.29, 0.717) is 17.6 Å². The number of fused-ring (bicyclic) bond motifs is 4. The predicted octanol–water partition coefficient (Wildman–Crippen LogP) is 1.12. The van der Waals surface area contributed by atoms with Gasteiger partial charge >= 0.3 is 0 Å². The molecule has 2 saturated carbocycles. The Balaban J connectivity index is 1.92. The van der Waals surface area contributed by atoms with E-state index in [9.17, 15) is 4.79 Å². The molecule has 3 aliphatic rings. The van der Waals surface area contributed by atoms with Crippen molar-refractivity contribution >= 4 is 5.78 Å². The third kappa shape index (κ3) is 0.525. The SMILES string of the molecule is O=C1CC[C@H]2[C@@H]3C=CO[C@@H]3[C@@H]12. The molecule has 2 heteroatoms. The highest BCUT2D eigenvalue weighted by atomic mass is 16.5. The van der Waals surface area contributed by atoms with Gasteiger partial charge in [-0.3, -0.25) is 4.79 Å². The second-order valence-electron chi connectivity index (χ2n) is 3.70. The summed E-state index contributed by atoms with van der Waals surface area (Å²) in [5.41, 5.74) is 0. The van der Waals surface area contributed by atoms with Crippen molar-refractivity contribution in [1.29, 1.82) is 0 Å². The van der Waals surface area contributed by atoms with E-state index in [2.05, 4.69) is 6.08 Å². The maximum absolute atomic E-state index is 11.3. The lowest BCUT2D eigenvalue weighted by molar-refractivity contribution is -0.133. The molecule has 0 radical (unpaired) electrons. The van der Waals surface area contributed by atoms with Crippen LogP contribution in [0, 0.1) is 17.8 Å². The van der Waals surface area contributed by atoms with Gasteiger partial charge in [0.2, 0.25) is 0 Å². The largest absolute Gasteiger partial charge is 0.497 e. The van der Waals surface area contributed by atoms with Crippen molar-refractivity contribution in [2.24, 2.45) is 17.8 Å². The van der Waals surface area contributed by atoms with Crippen LogP contribution in [0.1, 0.15) is 12.8 Å². The van der Waals surface area contributed by atoms with Gasteiger partial charge in [0.1, 0.15) is 11.9 Å². The van der Waals surface area contributed by atoms with E-state index in [1.165, 1.54) is 0 Å². The molecule has 0 spiro atoms. The quantitative estimate of drug-likeness (QED) is 0.517. The summed E-state index contributed by atoms with van der Waals surface area (Å²) in [5.74, 6) is 1.90. The van der Waals surface area contributed by atoms with Gasteiger partial charge in [0, 0.05) is 12.3 Å². The Bertz CT molecular complexity index is 244. The number of hydrogen-bond donors (Lipinski definition) is 0. The summed E-state index contributed by atoms with van der Waals surface area (Å²) in [4.78, 5) is 11.3. The Morgan fingerprint density at radius 1 is 1.55 bits per heavy atom. The molecule has 2 fully saturated rings. The molecule has 1 aliphatic heterocycles. The van der Waals surface area contributed by atoms with Crippen LogP contribution in [0.3, 0.4) is 0 Å². The topological polar surface area (TPSA) is 26.3 Å². The minimum absolute atomic E-state index is 0.231. The van der Waals surface area contributed by atoms with Crippen LogP contribution in [0.25, 0.3) is 0 Å². The van der Waals surface area contributed by atoms with Crippen molar-refractivity contribution in [3.05, 3.63) is 12.3 Å². The van der Waals surface area contributed by atoms with Gasteiger partial charge in [-0.2, -0.15) is 0 Å². The maximum atomic E-state index is 11.3. The molecule has 2 aliphatic carbocycles. The highest BCUT2D eigenvalue weighted by Gasteiger charge is 2.58. The van der Waals surface area contributed by atoms with E-state index in [-0.39, 0.29) is 12.0 Å². The Morgan fingerprint density at radius 3 is 3.36 bits per heavy atom. The van der Waals surface area contributed by atoms with Crippen molar-refractivity contribution in [3.63, 3.8) is 0 Å². The van der Waals surface area contributed by atoms with Crippen LogP contribution in [0.2, 0.25) is 0 Å². The minimum Gasteiger partial charge on any atom is -0.497 e. The van der Waals surface area contributed by atoms with E-state index in [4.69, 9.17) is 4.74 Å². The lowest BCUT2D eigenvalue weighted by Crippen LogP contribution is -2.48. The van der Waals surface area contributed by atoms with Crippen molar-refractivity contribution in [3.8, 4) is 0 Å². The first-order valence-corrected chi connectivity index (χ1v) is 4.23. The van der Waals surface area contributed by atoms with Gasteiger partial charge in [-0.15, -0.1) is 0 Å². The minimum atomic E-state index is 0.231. The highest BCUT2D eigenvalue weighted by Crippen LogP contribution is 2.53. The molecule has 0 amide bonds. The molecule has 11 heavy (non-hydrogen) atoms. The van der Waals surface area contributed by atoms with E-state index in [0.717, 1.165) is 12.8 Å². The van der Waals surface area contributed by atoms with Gasteiger partial charge in [0.15, 0.2) is 0 Å². The van der Waals surface area contributed by atoms with Crippen molar-refractivity contribution in [2.75, 3.05) is 0 Å². The summed E-state index contributed by atoms with van der Waals surface area (Å²) >= 11 is 0. The fourth-order valence-electron chi connectivity index (χ4n) is 2.74. The van der Waals surface area contributed by atoms with Crippen molar-refractivity contribution < 1.29 is 9.53 Å². The summed E-state index contributed by atoms with van der Waals surface area (Å²) in [6.07, 6.45) is 6.00. The number of carbonyl (C=O) groups excluding carboxylic acids is 1. The number of ketones is 1. The molecule has 0 aromatic carbocycles. The molecule has 1 heterocycles. The fourth-order valence-corrected chi connectivity index (χ4v) is 2.74. The Kier molecular flexibility index (Phi) is 0.888. The molecular formula is C9H10O2. The molecule has 2 nitrogen and oxygen atoms in total. The molecule has 4 atom stereocenters. The summed E-state index contributed by atoms with van der Waals surface area (Å²) in [5, 5.41) is 0. The lowest BCUT2D eigenvalue weighted by atomic mass is 9.64. The zero-order valence-electron chi connectivity index (χ0n) is 6.19. The molecule has 3 rings (SSSR count). The number of ether oxygens (including phenoxy) is 1. The first kappa shape index (κ1) is 5.81. The first-order chi connectivity index (χ1) is 5.38. The average molecular weight is 150 g/mol. The zero-order chi connectivity index (χ0) is 7.42. The summed E-state index contributed by atoms with van der Waals surface area (Å²) in [6.45, 7) is 0. The number of Topliss-reactive ketones (excluding diaryl/α,β-unsaturated/α-hetero) is 1. The molecular weight excluding hydrogens is 140 g/mol. The van der Waals surface area contributed by atoms with Crippen molar-refractivity contribution in [1.82, 2.24) is 0 Å². The zero-order valence-corrected chi connectivity index (χ0v) is 6.19. The van der Waals surface area contributed by atoms with E-state index >= 15 is 0 Å². The van der Waals surface area contributed by atoms with E-state index in [1.807, 2.05) is 0 Å². The number of rotatable bonds is 0. The van der Waals surface area contributed by atoms with Crippen LogP contribution in [-0.2, 0) is 9.53 Å². The van der Waals surface area contributed by atoms with Crippen LogP contribution in [0.5, 0.6) is 0 Å². The van der Waals surface area contributed by atoms with Crippen LogP contribution >= 0.6 is 0 Å². The Labute approximate surface area is 65.2 Å². The van der Waals surface area contributed by atoms with Crippen LogP contribution < -0.4 is 0 Å². The normalized spacial score (nSPS) is 51.5. The monoisotopic (exact) mass is 150 g/mol. The summed E-state index contributed by atoms with van der Waals surface area (Å²) < 4.78 is 5.33. The molecule has 0 N–H and O–H groups in total.